The first kappa shape index (κ1) is 19.5. The van der Waals surface area contributed by atoms with Crippen LogP contribution in [0.1, 0.15) is 27.6 Å². The number of carbonyl (C=O) groups excluding carboxylic acids is 1. The molecule has 1 atom stereocenters. The summed E-state index contributed by atoms with van der Waals surface area (Å²) in [5, 5.41) is 0.685. The molecule has 29 heavy (non-hydrogen) atoms. The number of amides is 1. The third-order valence-corrected chi connectivity index (χ3v) is 5.23. The molecule has 1 fully saturated rings. The van der Waals surface area contributed by atoms with Crippen LogP contribution in [0.15, 0.2) is 78.9 Å². The summed E-state index contributed by atoms with van der Waals surface area (Å²) in [6.07, 6.45) is -0.155. The Kier molecular flexibility index (Phi) is 6.13. The molecule has 0 aromatic heterocycles. The van der Waals surface area contributed by atoms with E-state index in [0.717, 1.165) is 16.9 Å². The summed E-state index contributed by atoms with van der Waals surface area (Å²) < 4.78 is 11.8. The van der Waals surface area contributed by atoms with Gasteiger partial charge in [-0.1, -0.05) is 60.1 Å². The number of rotatable bonds is 5. The smallest absolute Gasteiger partial charge is 0.254 e. The van der Waals surface area contributed by atoms with Crippen molar-refractivity contribution in [1.29, 1.82) is 0 Å². The summed E-state index contributed by atoms with van der Waals surface area (Å²) in [6.45, 7) is 1.92. The highest BCUT2D eigenvalue weighted by molar-refractivity contribution is 6.30. The quantitative estimate of drug-likeness (QED) is 0.588. The second-order valence-electron chi connectivity index (χ2n) is 6.92. The van der Waals surface area contributed by atoms with Gasteiger partial charge in [0.25, 0.3) is 5.91 Å². The van der Waals surface area contributed by atoms with E-state index in [1.807, 2.05) is 83.8 Å². The van der Waals surface area contributed by atoms with Crippen LogP contribution in [-0.2, 0) is 11.3 Å². The van der Waals surface area contributed by atoms with Crippen molar-refractivity contribution in [2.45, 2.75) is 12.7 Å². The Morgan fingerprint density at radius 3 is 2.52 bits per heavy atom. The molecule has 1 aliphatic heterocycles. The minimum Gasteiger partial charge on any atom is -0.489 e. The molecule has 4 nitrogen and oxygen atoms in total. The van der Waals surface area contributed by atoms with Gasteiger partial charge in [0, 0.05) is 22.7 Å². The van der Waals surface area contributed by atoms with E-state index >= 15 is 0 Å². The van der Waals surface area contributed by atoms with Gasteiger partial charge in [-0.3, -0.25) is 4.79 Å². The zero-order valence-electron chi connectivity index (χ0n) is 16.0. The van der Waals surface area contributed by atoms with Crippen molar-refractivity contribution in [3.05, 3.63) is 101 Å². The van der Waals surface area contributed by atoms with Gasteiger partial charge in [-0.25, -0.2) is 0 Å². The SMILES string of the molecule is O=C(c1ccccc1COc1ccccc1)N1CCOC(c2ccc(Cl)cc2)C1. The number of para-hydroxylation sites is 1. The van der Waals surface area contributed by atoms with Gasteiger partial charge in [0.05, 0.1) is 13.2 Å². The molecule has 0 bridgehead atoms. The summed E-state index contributed by atoms with van der Waals surface area (Å²) in [5.74, 6) is 0.781. The van der Waals surface area contributed by atoms with Gasteiger partial charge in [0.2, 0.25) is 0 Å². The number of ether oxygens (including phenoxy) is 2. The lowest BCUT2D eigenvalue weighted by molar-refractivity contribution is -0.0228. The molecule has 1 heterocycles. The van der Waals surface area contributed by atoms with Crippen LogP contribution < -0.4 is 4.74 Å². The van der Waals surface area contributed by atoms with Gasteiger partial charge in [-0.2, -0.15) is 0 Å². The van der Waals surface area contributed by atoms with Crippen LogP contribution in [0.25, 0.3) is 0 Å². The van der Waals surface area contributed by atoms with Crippen molar-refractivity contribution in [3.8, 4) is 5.75 Å². The van der Waals surface area contributed by atoms with E-state index in [-0.39, 0.29) is 12.0 Å². The van der Waals surface area contributed by atoms with Crippen molar-refractivity contribution in [3.63, 3.8) is 0 Å². The fourth-order valence-electron chi connectivity index (χ4n) is 3.42. The van der Waals surface area contributed by atoms with Gasteiger partial charge in [0.1, 0.15) is 18.5 Å². The molecule has 3 aromatic carbocycles. The highest BCUT2D eigenvalue weighted by Crippen LogP contribution is 2.25. The monoisotopic (exact) mass is 407 g/mol. The van der Waals surface area contributed by atoms with E-state index < -0.39 is 0 Å². The van der Waals surface area contributed by atoms with E-state index in [2.05, 4.69) is 0 Å². The first-order valence-electron chi connectivity index (χ1n) is 9.63. The molecule has 1 aliphatic rings. The number of carbonyl (C=O) groups is 1. The van der Waals surface area contributed by atoms with E-state index in [0.29, 0.717) is 36.9 Å². The fourth-order valence-corrected chi connectivity index (χ4v) is 3.54. The van der Waals surface area contributed by atoms with Crippen LogP contribution in [-0.4, -0.2) is 30.5 Å². The lowest BCUT2D eigenvalue weighted by Gasteiger charge is -2.33. The lowest BCUT2D eigenvalue weighted by atomic mass is 10.0. The van der Waals surface area contributed by atoms with Gasteiger partial charge < -0.3 is 14.4 Å². The summed E-state index contributed by atoms with van der Waals surface area (Å²) in [7, 11) is 0. The van der Waals surface area contributed by atoms with Gasteiger partial charge >= 0.3 is 0 Å². The van der Waals surface area contributed by atoms with Crippen molar-refractivity contribution >= 4 is 17.5 Å². The van der Waals surface area contributed by atoms with Crippen molar-refractivity contribution < 1.29 is 14.3 Å². The molecule has 3 aromatic rings. The Morgan fingerprint density at radius 1 is 1.00 bits per heavy atom. The number of benzene rings is 3. The van der Waals surface area contributed by atoms with Crippen LogP contribution in [0.3, 0.4) is 0 Å². The Hall–Kier alpha value is -2.82. The molecule has 0 aliphatic carbocycles. The highest BCUT2D eigenvalue weighted by Gasteiger charge is 2.27. The van der Waals surface area contributed by atoms with E-state index in [9.17, 15) is 4.79 Å². The number of hydrogen-bond acceptors (Lipinski definition) is 3. The summed E-state index contributed by atoms with van der Waals surface area (Å²) in [5.41, 5.74) is 2.56. The molecule has 1 unspecified atom stereocenters. The molecule has 0 spiro atoms. The second-order valence-corrected chi connectivity index (χ2v) is 7.36. The third-order valence-electron chi connectivity index (χ3n) is 4.98. The molecule has 0 N–H and O–H groups in total. The van der Waals surface area contributed by atoms with Crippen LogP contribution in [0.4, 0.5) is 0 Å². The van der Waals surface area contributed by atoms with Crippen LogP contribution in [0.5, 0.6) is 5.75 Å². The summed E-state index contributed by atoms with van der Waals surface area (Å²) >= 11 is 5.98. The predicted octanol–water partition coefficient (Wildman–Crippen LogP) is 5.13. The molecule has 1 amide bonds. The van der Waals surface area contributed by atoms with Crippen molar-refractivity contribution in [2.24, 2.45) is 0 Å². The molecular weight excluding hydrogens is 386 g/mol. The molecule has 4 rings (SSSR count). The second kappa shape index (κ2) is 9.12. The molecule has 148 valence electrons. The van der Waals surface area contributed by atoms with Crippen LogP contribution in [0.2, 0.25) is 5.02 Å². The van der Waals surface area contributed by atoms with Crippen LogP contribution in [0, 0.1) is 0 Å². The Balaban J connectivity index is 1.48. The zero-order chi connectivity index (χ0) is 20.1. The zero-order valence-corrected chi connectivity index (χ0v) is 16.7. The van der Waals surface area contributed by atoms with Gasteiger partial charge in [0.15, 0.2) is 0 Å². The number of hydrogen-bond donors (Lipinski definition) is 0. The molecule has 0 saturated carbocycles. The summed E-state index contributed by atoms with van der Waals surface area (Å²) in [4.78, 5) is 15.1. The maximum Gasteiger partial charge on any atom is 0.254 e. The number of halogens is 1. The predicted molar refractivity (Wildman–Crippen MR) is 113 cm³/mol. The molecule has 0 radical (unpaired) electrons. The van der Waals surface area contributed by atoms with Gasteiger partial charge in [-0.15, -0.1) is 0 Å². The highest BCUT2D eigenvalue weighted by atomic mass is 35.5. The van der Waals surface area contributed by atoms with E-state index in [4.69, 9.17) is 21.1 Å². The molecular formula is C24H22ClNO3. The Morgan fingerprint density at radius 2 is 1.72 bits per heavy atom. The first-order valence-corrected chi connectivity index (χ1v) is 10.0. The average molecular weight is 408 g/mol. The number of morpholine rings is 1. The molecule has 5 heteroatoms. The maximum absolute atomic E-state index is 13.3. The first-order chi connectivity index (χ1) is 14.2. The topological polar surface area (TPSA) is 38.8 Å². The largest absolute Gasteiger partial charge is 0.489 e. The minimum atomic E-state index is -0.155. The third kappa shape index (κ3) is 4.78. The van der Waals surface area contributed by atoms with Crippen LogP contribution >= 0.6 is 11.6 Å². The lowest BCUT2D eigenvalue weighted by Crippen LogP contribution is -2.42. The van der Waals surface area contributed by atoms with Crippen molar-refractivity contribution in [1.82, 2.24) is 4.90 Å². The minimum absolute atomic E-state index is 0.000440. The van der Waals surface area contributed by atoms with E-state index in [1.54, 1.807) is 0 Å². The fraction of sp³-hybridized carbons (Fsp3) is 0.208. The van der Waals surface area contributed by atoms with Gasteiger partial charge in [-0.05, 0) is 35.9 Å². The average Bonchev–Trinajstić information content (AvgIpc) is 2.79. The normalized spacial score (nSPS) is 16.4. The van der Waals surface area contributed by atoms with E-state index in [1.165, 1.54) is 0 Å². The maximum atomic E-state index is 13.3. The van der Waals surface area contributed by atoms with Crippen molar-refractivity contribution in [2.75, 3.05) is 19.7 Å². The summed E-state index contributed by atoms with van der Waals surface area (Å²) in [6, 6.07) is 24.8. The number of nitrogens with zero attached hydrogens (tertiary/aromatic N) is 1. The standard InChI is InChI=1S/C24H22ClNO3/c25-20-12-10-18(11-13-20)23-16-26(14-15-28-23)24(27)22-9-5-4-6-19(22)17-29-21-7-2-1-3-8-21/h1-13,23H,14-17H2. The Labute approximate surface area is 175 Å². The Bertz CT molecular complexity index is 959. The molecule has 1 saturated heterocycles.